The highest BCUT2D eigenvalue weighted by Crippen LogP contribution is 2.41. The van der Waals surface area contributed by atoms with Crippen LogP contribution in [0, 0.1) is 20.8 Å². The summed E-state index contributed by atoms with van der Waals surface area (Å²) in [5.74, 6) is 1.80. The fourth-order valence-corrected chi connectivity index (χ4v) is 3.59. The number of thiophene rings is 1. The van der Waals surface area contributed by atoms with Crippen LogP contribution in [0.1, 0.15) is 32.9 Å². The third kappa shape index (κ3) is 1.90. The summed E-state index contributed by atoms with van der Waals surface area (Å²) in [6.07, 6.45) is 0. The standard InChI is InChI=1S/C12H12Cl2OS/c1-6-7(2)15-8(3)10(6)11(14)12-9(13)4-5-16-12/h4-5,11H,1-3H3. The molecule has 0 aliphatic carbocycles. The summed E-state index contributed by atoms with van der Waals surface area (Å²) in [6, 6.07) is 1.87. The zero-order valence-electron chi connectivity index (χ0n) is 9.30. The molecule has 1 atom stereocenters. The molecule has 4 heteroatoms. The van der Waals surface area contributed by atoms with Gasteiger partial charge in [-0.25, -0.2) is 0 Å². The van der Waals surface area contributed by atoms with Crippen molar-refractivity contribution in [3.8, 4) is 0 Å². The Labute approximate surface area is 109 Å². The van der Waals surface area contributed by atoms with E-state index in [9.17, 15) is 0 Å². The van der Waals surface area contributed by atoms with Crippen LogP contribution in [-0.4, -0.2) is 0 Å². The smallest absolute Gasteiger partial charge is 0.106 e. The van der Waals surface area contributed by atoms with Crippen LogP contribution in [0.4, 0.5) is 0 Å². The predicted molar refractivity (Wildman–Crippen MR) is 69.9 cm³/mol. The van der Waals surface area contributed by atoms with E-state index in [2.05, 4.69) is 0 Å². The van der Waals surface area contributed by atoms with Crippen molar-refractivity contribution in [3.63, 3.8) is 0 Å². The van der Waals surface area contributed by atoms with E-state index < -0.39 is 0 Å². The van der Waals surface area contributed by atoms with Crippen molar-refractivity contribution in [3.05, 3.63) is 44.0 Å². The average molecular weight is 275 g/mol. The second-order valence-electron chi connectivity index (χ2n) is 3.75. The van der Waals surface area contributed by atoms with Crippen molar-refractivity contribution in [2.75, 3.05) is 0 Å². The lowest BCUT2D eigenvalue weighted by Crippen LogP contribution is -1.94. The molecule has 0 amide bonds. The first-order chi connectivity index (χ1) is 7.52. The summed E-state index contributed by atoms with van der Waals surface area (Å²) in [5, 5.41) is 2.46. The van der Waals surface area contributed by atoms with Gasteiger partial charge in [0.2, 0.25) is 0 Å². The highest BCUT2D eigenvalue weighted by molar-refractivity contribution is 7.11. The van der Waals surface area contributed by atoms with Crippen molar-refractivity contribution in [1.29, 1.82) is 0 Å². The lowest BCUT2D eigenvalue weighted by molar-refractivity contribution is 0.500. The number of furan rings is 1. The topological polar surface area (TPSA) is 13.1 Å². The number of rotatable bonds is 2. The Balaban J connectivity index is 2.49. The Hall–Kier alpha value is -0.440. The van der Waals surface area contributed by atoms with Crippen LogP contribution in [0.25, 0.3) is 0 Å². The largest absolute Gasteiger partial charge is 0.466 e. The summed E-state index contributed by atoms with van der Waals surface area (Å²) < 4.78 is 5.58. The molecule has 2 aromatic rings. The quantitative estimate of drug-likeness (QED) is 0.682. The second-order valence-corrected chi connectivity index (χ2v) is 5.54. The van der Waals surface area contributed by atoms with Crippen molar-refractivity contribution in [1.82, 2.24) is 0 Å². The molecule has 2 heterocycles. The number of aryl methyl sites for hydroxylation is 2. The lowest BCUT2D eigenvalue weighted by Gasteiger charge is -2.08. The van der Waals surface area contributed by atoms with Gasteiger partial charge in [0.1, 0.15) is 11.5 Å². The summed E-state index contributed by atoms with van der Waals surface area (Å²) in [5.41, 5.74) is 2.16. The van der Waals surface area contributed by atoms with E-state index in [1.165, 1.54) is 0 Å². The van der Waals surface area contributed by atoms with Crippen LogP contribution in [-0.2, 0) is 0 Å². The van der Waals surface area contributed by atoms with Crippen molar-refractivity contribution < 1.29 is 4.42 Å². The summed E-state index contributed by atoms with van der Waals surface area (Å²) >= 11 is 14.1. The summed E-state index contributed by atoms with van der Waals surface area (Å²) in [4.78, 5) is 0.982. The molecule has 0 fully saturated rings. The average Bonchev–Trinajstić information content (AvgIpc) is 2.73. The first-order valence-electron chi connectivity index (χ1n) is 4.95. The Morgan fingerprint density at radius 2 is 1.94 bits per heavy atom. The van der Waals surface area contributed by atoms with Gasteiger partial charge in [0.25, 0.3) is 0 Å². The van der Waals surface area contributed by atoms with Crippen LogP contribution in [0.5, 0.6) is 0 Å². The van der Waals surface area contributed by atoms with Crippen molar-refractivity contribution >= 4 is 34.5 Å². The van der Waals surface area contributed by atoms with Crippen LogP contribution in [0.15, 0.2) is 15.9 Å². The number of alkyl halides is 1. The van der Waals surface area contributed by atoms with Gasteiger partial charge in [-0.1, -0.05) is 11.6 Å². The molecule has 1 nitrogen and oxygen atoms in total. The fourth-order valence-electron chi connectivity index (χ4n) is 1.80. The molecular weight excluding hydrogens is 263 g/mol. The molecular formula is C12H12Cl2OS. The van der Waals surface area contributed by atoms with E-state index in [-0.39, 0.29) is 5.38 Å². The summed E-state index contributed by atoms with van der Waals surface area (Å²) in [7, 11) is 0. The van der Waals surface area contributed by atoms with Gasteiger partial charge in [-0.05, 0) is 37.8 Å². The Morgan fingerprint density at radius 3 is 2.38 bits per heavy atom. The van der Waals surface area contributed by atoms with E-state index in [1.54, 1.807) is 11.3 Å². The normalized spacial score (nSPS) is 13.1. The Bertz CT molecular complexity index is 513. The molecule has 0 saturated carbocycles. The van der Waals surface area contributed by atoms with Crippen molar-refractivity contribution in [2.24, 2.45) is 0 Å². The Kier molecular flexibility index (Phi) is 3.34. The van der Waals surface area contributed by atoms with Gasteiger partial charge in [-0.2, -0.15) is 0 Å². The first kappa shape index (κ1) is 12.0. The third-order valence-corrected chi connectivity index (χ3v) is 4.74. The number of hydrogen-bond acceptors (Lipinski definition) is 2. The van der Waals surface area contributed by atoms with Crippen LogP contribution in [0.3, 0.4) is 0 Å². The molecule has 0 aliphatic rings. The van der Waals surface area contributed by atoms with E-state index in [4.69, 9.17) is 27.6 Å². The Morgan fingerprint density at radius 1 is 1.25 bits per heavy atom. The van der Waals surface area contributed by atoms with E-state index in [1.807, 2.05) is 32.2 Å². The van der Waals surface area contributed by atoms with Gasteiger partial charge in [0.15, 0.2) is 0 Å². The molecule has 0 bridgehead atoms. The van der Waals surface area contributed by atoms with Crippen LogP contribution < -0.4 is 0 Å². The minimum absolute atomic E-state index is 0.218. The zero-order valence-corrected chi connectivity index (χ0v) is 11.6. The first-order valence-corrected chi connectivity index (χ1v) is 6.65. The summed E-state index contributed by atoms with van der Waals surface area (Å²) in [6.45, 7) is 5.91. The van der Waals surface area contributed by atoms with Crippen LogP contribution in [0.2, 0.25) is 5.02 Å². The second kappa shape index (κ2) is 4.44. The predicted octanol–water partition coefficient (Wildman–Crippen LogP) is 5.25. The minimum atomic E-state index is -0.218. The van der Waals surface area contributed by atoms with Gasteiger partial charge in [-0.3, -0.25) is 0 Å². The van der Waals surface area contributed by atoms with Crippen LogP contribution >= 0.6 is 34.5 Å². The maximum atomic E-state index is 6.47. The van der Waals surface area contributed by atoms with Gasteiger partial charge in [0.05, 0.1) is 10.4 Å². The van der Waals surface area contributed by atoms with E-state index in [0.29, 0.717) is 0 Å². The molecule has 16 heavy (non-hydrogen) atoms. The molecule has 0 radical (unpaired) electrons. The third-order valence-electron chi connectivity index (χ3n) is 2.75. The molecule has 0 aliphatic heterocycles. The molecule has 0 aromatic carbocycles. The fraction of sp³-hybridized carbons (Fsp3) is 0.333. The van der Waals surface area contributed by atoms with Gasteiger partial charge in [0, 0.05) is 10.4 Å². The maximum absolute atomic E-state index is 6.47. The molecule has 2 rings (SSSR count). The van der Waals surface area contributed by atoms with E-state index in [0.717, 1.165) is 32.5 Å². The minimum Gasteiger partial charge on any atom is -0.466 e. The molecule has 1 unspecified atom stereocenters. The molecule has 0 spiro atoms. The van der Waals surface area contributed by atoms with Gasteiger partial charge >= 0.3 is 0 Å². The highest BCUT2D eigenvalue weighted by atomic mass is 35.5. The zero-order chi connectivity index (χ0) is 11.9. The van der Waals surface area contributed by atoms with Crippen molar-refractivity contribution in [2.45, 2.75) is 26.1 Å². The molecule has 2 aromatic heterocycles. The molecule has 0 saturated heterocycles. The number of halogens is 2. The lowest BCUT2D eigenvalue weighted by atomic mass is 10.1. The number of hydrogen-bond donors (Lipinski definition) is 0. The van der Waals surface area contributed by atoms with E-state index >= 15 is 0 Å². The molecule has 0 N–H and O–H groups in total. The highest BCUT2D eigenvalue weighted by Gasteiger charge is 2.23. The van der Waals surface area contributed by atoms with Gasteiger partial charge < -0.3 is 4.42 Å². The maximum Gasteiger partial charge on any atom is 0.106 e. The van der Waals surface area contributed by atoms with Gasteiger partial charge in [-0.15, -0.1) is 22.9 Å². The monoisotopic (exact) mass is 274 g/mol. The molecule has 86 valence electrons. The SMILES string of the molecule is Cc1oc(C)c(C(Cl)c2sccc2Cl)c1C.